The maximum absolute atomic E-state index is 9.43. The van der Waals surface area contributed by atoms with Gasteiger partial charge in [0.05, 0.1) is 12.7 Å². The Balaban J connectivity index is 2.10. The Morgan fingerprint density at radius 2 is 2.47 bits per heavy atom. The summed E-state index contributed by atoms with van der Waals surface area (Å²) < 4.78 is 5.33. The minimum atomic E-state index is -0.220. The summed E-state index contributed by atoms with van der Waals surface area (Å²) in [5.41, 5.74) is 0. The van der Waals surface area contributed by atoms with Crippen molar-refractivity contribution in [1.82, 2.24) is 4.98 Å². The number of hydrogen-bond donors (Lipinski definition) is 1. The molecule has 1 unspecified atom stereocenters. The molecule has 1 fully saturated rings. The van der Waals surface area contributed by atoms with Crippen LogP contribution in [0.5, 0.6) is 5.88 Å². The van der Waals surface area contributed by atoms with Crippen molar-refractivity contribution in [3.63, 3.8) is 0 Å². The number of rotatable bonds is 3. The fourth-order valence-corrected chi connectivity index (χ4v) is 1.76. The first-order valence-corrected chi connectivity index (χ1v) is 5.32. The summed E-state index contributed by atoms with van der Waals surface area (Å²) >= 11 is 0. The number of aromatic nitrogens is 1. The lowest BCUT2D eigenvalue weighted by atomic mass is 10.3. The molecule has 1 saturated heterocycles. The summed E-state index contributed by atoms with van der Waals surface area (Å²) in [6.45, 7) is 4.10. The molecular formula is C11H16N2O2. The monoisotopic (exact) mass is 208 g/mol. The molecule has 0 radical (unpaired) electrons. The van der Waals surface area contributed by atoms with Gasteiger partial charge in [-0.05, 0) is 19.4 Å². The first-order valence-electron chi connectivity index (χ1n) is 5.32. The lowest BCUT2D eigenvalue weighted by Gasteiger charge is -2.16. The van der Waals surface area contributed by atoms with Gasteiger partial charge in [0.1, 0.15) is 5.82 Å². The average Bonchev–Trinajstić information content (AvgIpc) is 2.66. The van der Waals surface area contributed by atoms with Crippen LogP contribution in [0.15, 0.2) is 18.2 Å². The molecule has 4 nitrogen and oxygen atoms in total. The molecule has 0 spiro atoms. The Morgan fingerprint density at radius 3 is 3.13 bits per heavy atom. The average molecular weight is 208 g/mol. The second-order valence-corrected chi connectivity index (χ2v) is 3.66. The van der Waals surface area contributed by atoms with Gasteiger partial charge in [0.2, 0.25) is 5.88 Å². The predicted molar refractivity (Wildman–Crippen MR) is 58.2 cm³/mol. The molecule has 0 aromatic carbocycles. The van der Waals surface area contributed by atoms with E-state index in [1.54, 1.807) is 0 Å². The fraction of sp³-hybridized carbons (Fsp3) is 0.545. The second kappa shape index (κ2) is 4.49. The zero-order valence-corrected chi connectivity index (χ0v) is 8.89. The van der Waals surface area contributed by atoms with E-state index < -0.39 is 0 Å². The van der Waals surface area contributed by atoms with Crippen LogP contribution >= 0.6 is 0 Å². The normalized spacial score (nSPS) is 20.7. The molecule has 1 N–H and O–H groups in total. The highest BCUT2D eigenvalue weighted by Crippen LogP contribution is 2.20. The molecule has 2 rings (SSSR count). The van der Waals surface area contributed by atoms with Crippen LogP contribution in [0.25, 0.3) is 0 Å². The zero-order chi connectivity index (χ0) is 10.7. The molecule has 1 aromatic heterocycles. The molecule has 0 saturated carbocycles. The topological polar surface area (TPSA) is 45.6 Å². The van der Waals surface area contributed by atoms with E-state index in [2.05, 4.69) is 9.88 Å². The number of β-amino-alcohol motifs (C(OH)–C–C–N with tert-alkyl or cyclic N) is 1. The van der Waals surface area contributed by atoms with Crippen LogP contribution in [0.4, 0.5) is 5.82 Å². The number of hydrogen-bond acceptors (Lipinski definition) is 4. The minimum absolute atomic E-state index is 0.220. The molecule has 2 heterocycles. The van der Waals surface area contributed by atoms with Crippen LogP contribution in [0, 0.1) is 0 Å². The van der Waals surface area contributed by atoms with Crippen LogP contribution < -0.4 is 9.64 Å². The van der Waals surface area contributed by atoms with E-state index in [0.717, 1.165) is 18.8 Å². The molecule has 1 aromatic rings. The zero-order valence-electron chi connectivity index (χ0n) is 8.89. The van der Waals surface area contributed by atoms with Gasteiger partial charge < -0.3 is 14.7 Å². The fourth-order valence-electron chi connectivity index (χ4n) is 1.76. The molecular weight excluding hydrogens is 192 g/mol. The van der Waals surface area contributed by atoms with E-state index in [-0.39, 0.29) is 6.10 Å². The standard InChI is InChI=1S/C11H16N2O2/c1-2-15-11-5-3-4-10(12-11)13-7-6-9(14)8-13/h3-5,9,14H,2,6-8H2,1H3. The van der Waals surface area contributed by atoms with E-state index in [9.17, 15) is 5.11 Å². The van der Waals surface area contributed by atoms with Gasteiger partial charge in [-0.25, -0.2) is 0 Å². The quantitative estimate of drug-likeness (QED) is 0.806. The van der Waals surface area contributed by atoms with Crippen LogP contribution in [0.3, 0.4) is 0 Å². The van der Waals surface area contributed by atoms with Gasteiger partial charge in [-0.1, -0.05) is 6.07 Å². The van der Waals surface area contributed by atoms with Crippen LogP contribution in [-0.4, -0.2) is 35.9 Å². The number of aliphatic hydroxyl groups excluding tert-OH is 1. The van der Waals surface area contributed by atoms with Gasteiger partial charge in [-0.15, -0.1) is 0 Å². The lowest BCUT2D eigenvalue weighted by molar-refractivity contribution is 0.198. The lowest BCUT2D eigenvalue weighted by Crippen LogP contribution is -2.22. The summed E-state index contributed by atoms with van der Waals surface area (Å²) in [5.74, 6) is 1.54. The molecule has 1 aliphatic rings. The second-order valence-electron chi connectivity index (χ2n) is 3.66. The summed E-state index contributed by atoms with van der Waals surface area (Å²) in [6, 6.07) is 5.72. The van der Waals surface area contributed by atoms with E-state index in [1.807, 2.05) is 25.1 Å². The highest BCUT2D eigenvalue weighted by atomic mass is 16.5. The molecule has 4 heteroatoms. The summed E-state index contributed by atoms with van der Waals surface area (Å²) in [5, 5.41) is 9.43. The number of nitrogens with zero attached hydrogens (tertiary/aromatic N) is 2. The summed E-state index contributed by atoms with van der Waals surface area (Å²) in [4.78, 5) is 6.45. The third-order valence-electron chi connectivity index (χ3n) is 2.49. The molecule has 82 valence electrons. The summed E-state index contributed by atoms with van der Waals surface area (Å²) in [7, 11) is 0. The molecule has 15 heavy (non-hydrogen) atoms. The first-order chi connectivity index (χ1) is 7.29. The predicted octanol–water partition coefficient (Wildman–Crippen LogP) is 1.05. The van der Waals surface area contributed by atoms with Gasteiger partial charge in [0.15, 0.2) is 0 Å². The van der Waals surface area contributed by atoms with Crippen molar-refractivity contribution >= 4 is 5.82 Å². The van der Waals surface area contributed by atoms with Gasteiger partial charge in [0.25, 0.3) is 0 Å². The third-order valence-corrected chi connectivity index (χ3v) is 2.49. The molecule has 1 atom stereocenters. The molecule has 0 aliphatic carbocycles. The van der Waals surface area contributed by atoms with E-state index in [1.165, 1.54) is 0 Å². The van der Waals surface area contributed by atoms with Crippen molar-refractivity contribution in [1.29, 1.82) is 0 Å². The Bertz CT molecular complexity index is 330. The maximum atomic E-state index is 9.43. The van der Waals surface area contributed by atoms with Crippen molar-refractivity contribution < 1.29 is 9.84 Å². The van der Waals surface area contributed by atoms with Crippen molar-refractivity contribution in [3.8, 4) is 5.88 Å². The molecule has 0 bridgehead atoms. The van der Waals surface area contributed by atoms with E-state index >= 15 is 0 Å². The highest BCUT2D eigenvalue weighted by molar-refractivity contribution is 5.41. The Hall–Kier alpha value is -1.29. The van der Waals surface area contributed by atoms with Crippen LogP contribution in [-0.2, 0) is 0 Å². The Morgan fingerprint density at radius 1 is 1.60 bits per heavy atom. The Labute approximate surface area is 89.5 Å². The number of aliphatic hydroxyl groups is 1. The Kier molecular flexibility index (Phi) is 3.06. The smallest absolute Gasteiger partial charge is 0.215 e. The molecule has 1 aliphatic heterocycles. The van der Waals surface area contributed by atoms with Gasteiger partial charge >= 0.3 is 0 Å². The maximum Gasteiger partial charge on any atom is 0.215 e. The van der Waals surface area contributed by atoms with E-state index in [0.29, 0.717) is 19.0 Å². The van der Waals surface area contributed by atoms with Crippen molar-refractivity contribution in [3.05, 3.63) is 18.2 Å². The van der Waals surface area contributed by atoms with Crippen LogP contribution in [0.2, 0.25) is 0 Å². The largest absolute Gasteiger partial charge is 0.478 e. The van der Waals surface area contributed by atoms with Crippen molar-refractivity contribution in [2.24, 2.45) is 0 Å². The third kappa shape index (κ3) is 2.39. The number of anilines is 1. The first kappa shape index (κ1) is 10.2. The number of pyridine rings is 1. The van der Waals surface area contributed by atoms with Gasteiger partial charge in [0, 0.05) is 19.2 Å². The van der Waals surface area contributed by atoms with Crippen LogP contribution in [0.1, 0.15) is 13.3 Å². The SMILES string of the molecule is CCOc1cccc(N2CCC(O)C2)n1. The molecule has 0 amide bonds. The van der Waals surface area contributed by atoms with Crippen molar-refractivity contribution in [2.75, 3.05) is 24.6 Å². The highest BCUT2D eigenvalue weighted by Gasteiger charge is 2.21. The van der Waals surface area contributed by atoms with Gasteiger partial charge in [-0.3, -0.25) is 0 Å². The number of ether oxygens (including phenoxy) is 1. The minimum Gasteiger partial charge on any atom is -0.478 e. The van der Waals surface area contributed by atoms with E-state index in [4.69, 9.17) is 4.74 Å². The van der Waals surface area contributed by atoms with Crippen molar-refractivity contribution in [2.45, 2.75) is 19.4 Å². The summed E-state index contributed by atoms with van der Waals surface area (Å²) in [6.07, 6.45) is 0.600. The van der Waals surface area contributed by atoms with Gasteiger partial charge in [-0.2, -0.15) is 4.98 Å².